The lowest BCUT2D eigenvalue weighted by Gasteiger charge is -2.15. The maximum Gasteiger partial charge on any atom is 0.416 e. The van der Waals surface area contributed by atoms with E-state index in [1.807, 2.05) is 5.32 Å². The molecule has 0 heterocycles. The number of rotatable bonds is 4. The Kier molecular flexibility index (Phi) is 4.07. The number of aliphatic hydroxyl groups is 1. The first-order valence-corrected chi connectivity index (χ1v) is 4.64. The van der Waals surface area contributed by atoms with E-state index in [2.05, 4.69) is 0 Å². The highest BCUT2D eigenvalue weighted by Crippen LogP contribution is 2.23. The van der Waals surface area contributed by atoms with Gasteiger partial charge in [0.05, 0.1) is 16.7 Å². The molecule has 0 aromatic heterocycles. The van der Waals surface area contributed by atoms with Crippen molar-refractivity contribution in [2.75, 3.05) is 11.9 Å². The standard InChI is InChI=1S/C9H8F4N2O3/c10-6-3-5(15(17)18)1-2-7(6)14-4-8(16)9(11,12)13/h1-3,8,14,16H,4H2. The average molecular weight is 268 g/mol. The molecule has 1 aromatic rings. The zero-order valence-corrected chi connectivity index (χ0v) is 8.74. The highest BCUT2D eigenvalue weighted by molar-refractivity contribution is 5.50. The Balaban J connectivity index is 2.72. The van der Waals surface area contributed by atoms with Gasteiger partial charge in [0.15, 0.2) is 11.9 Å². The summed E-state index contributed by atoms with van der Waals surface area (Å²) < 4.78 is 49.1. The highest BCUT2D eigenvalue weighted by Gasteiger charge is 2.37. The fraction of sp³-hybridized carbons (Fsp3) is 0.333. The maximum absolute atomic E-state index is 13.2. The molecule has 0 aliphatic rings. The molecule has 0 spiro atoms. The van der Waals surface area contributed by atoms with Crippen LogP contribution in [0.15, 0.2) is 18.2 Å². The molecule has 0 saturated carbocycles. The Hall–Kier alpha value is -1.90. The second-order valence-electron chi connectivity index (χ2n) is 3.36. The van der Waals surface area contributed by atoms with Gasteiger partial charge in [-0.2, -0.15) is 13.2 Å². The van der Waals surface area contributed by atoms with Crippen LogP contribution in [0.3, 0.4) is 0 Å². The molecule has 0 fully saturated rings. The molecule has 100 valence electrons. The number of nitrogens with one attached hydrogen (secondary N) is 1. The normalized spacial score (nSPS) is 13.2. The predicted molar refractivity (Wildman–Crippen MR) is 53.6 cm³/mol. The number of non-ortho nitro benzene ring substituents is 1. The monoisotopic (exact) mass is 268 g/mol. The van der Waals surface area contributed by atoms with Crippen molar-refractivity contribution in [3.05, 3.63) is 34.1 Å². The summed E-state index contributed by atoms with van der Waals surface area (Å²) in [5, 5.41) is 21.0. The number of nitro groups is 1. The van der Waals surface area contributed by atoms with Crippen LogP contribution in [0.25, 0.3) is 0 Å². The van der Waals surface area contributed by atoms with Crippen LogP contribution in [0.1, 0.15) is 0 Å². The first kappa shape index (κ1) is 14.2. The van der Waals surface area contributed by atoms with Crippen molar-refractivity contribution in [1.82, 2.24) is 0 Å². The van der Waals surface area contributed by atoms with Crippen molar-refractivity contribution in [3.63, 3.8) is 0 Å². The number of nitrogens with zero attached hydrogens (tertiary/aromatic N) is 1. The number of halogens is 4. The second kappa shape index (κ2) is 5.17. The fourth-order valence-corrected chi connectivity index (χ4v) is 1.08. The molecule has 1 unspecified atom stereocenters. The minimum absolute atomic E-state index is 0.358. The van der Waals surface area contributed by atoms with Gasteiger partial charge >= 0.3 is 6.18 Å². The van der Waals surface area contributed by atoms with Crippen LogP contribution < -0.4 is 5.32 Å². The average Bonchev–Trinajstić information content (AvgIpc) is 2.25. The van der Waals surface area contributed by atoms with Gasteiger partial charge in [-0.3, -0.25) is 10.1 Å². The highest BCUT2D eigenvalue weighted by atomic mass is 19.4. The summed E-state index contributed by atoms with van der Waals surface area (Å²) in [6, 6.07) is 2.43. The first-order chi connectivity index (χ1) is 8.21. The Morgan fingerprint density at radius 1 is 1.44 bits per heavy atom. The molecule has 0 saturated heterocycles. The molecule has 9 heteroatoms. The van der Waals surface area contributed by atoms with Crippen molar-refractivity contribution >= 4 is 11.4 Å². The van der Waals surface area contributed by atoms with E-state index in [4.69, 9.17) is 5.11 Å². The van der Waals surface area contributed by atoms with E-state index in [-0.39, 0.29) is 5.69 Å². The molecule has 2 N–H and O–H groups in total. The maximum atomic E-state index is 13.2. The molecule has 0 amide bonds. The third kappa shape index (κ3) is 3.55. The molecule has 0 aliphatic carbocycles. The van der Waals surface area contributed by atoms with E-state index in [9.17, 15) is 27.7 Å². The minimum Gasteiger partial charge on any atom is -0.382 e. The van der Waals surface area contributed by atoms with E-state index in [0.717, 1.165) is 12.1 Å². The molecule has 5 nitrogen and oxygen atoms in total. The molecule has 0 aliphatic heterocycles. The van der Waals surface area contributed by atoms with Crippen LogP contribution in [0.5, 0.6) is 0 Å². The molecule has 1 aromatic carbocycles. The number of anilines is 1. The van der Waals surface area contributed by atoms with Crippen LogP contribution in [0.4, 0.5) is 28.9 Å². The van der Waals surface area contributed by atoms with Gasteiger partial charge in [-0.05, 0) is 6.07 Å². The summed E-state index contributed by atoms with van der Waals surface area (Å²) in [5.74, 6) is -1.07. The van der Waals surface area contributed by atoms with Gasteiger partial charge in [0, 0.05) is 12.6 Å². The largest absolute Gasteiger partial charge is 0.416 e. The predicted octanol–water partition coefficient (Wildman–Crippen LogP) is 2.07. The number of aliphatic hydroxyl groups excluding tert-OH is 1. The van der Waals surface area contributed by atoms with Gasteiger partial charge in [-0.15, -0.1) is 0 Å². The van der Waals surface area contributed by atoms with Gasteiger partial charge in [0.2, 0.25) is 0 Å². The van der Waals surface area contributed by atoms with Crippen LogP contribution in [0.2, 0.25) is 0 Å². The summed E-state index contributed by atoms with van der Waals surface area (Å²) in [5.41, 5.74) is -0.877. The lowest BCUT2D eigenvalue weighted by Crippen LogP contribution is -2.35. The van der Waals surface area contributed by atoms with E-state index in [1.54, 1.807) is 0 Å². The Bertz CT molecular complexity index is 450. The fourth-order valence-electron chi connectivity index (χ4n) is 1.08. The van der Waals surface area contributed by atoms with Crippen LogP contribution in [0, 0.1) is 15.9 Å². The number of hydrogen-bond acceptors (Lipinski definition) is 4. The first-order valence-electron chi connectivity index (χ1n) is 4.64. The quantitative estimate of drug-likeness (QED) is 0.498. The van der Waals surface area contributed by atoms with Gasteiger partial charge in [0.1, 0.15) is 0 Å². The van der Waals surface area contributed by atoms with Crippen molar-refractivity contribution in [2.45, 2.75) is 12.3 Å². The van der Waals surface area contributed by atoms with Crippen molar-refractivity contribution in [2.24, 2.45) is 0 Å². The van der Waals surface area contributed by atoms with Crippen molar-refractivity contribution < 1.29 is 27.6 Å². The van der Waals surface area contributed by atoms with Gasteiger partial charge in [-0.1, -0.05) is 0 Å². The van der Waals surface area contributed by atoms with Crippen LogP contribution in [-0.2, 0) is 0 Å². The number of nitro benzene ring substituents is 1. The van der Waals surface area contributed by atoms with Gasteiger partial charge in [0.25, 0.3) is 5.69 Å². The summed E-state index contributed by atoms with van der Waals surface area (Å²) in [6.45, 7) is -0.946. The van der Waals surface area contributed by atoms with E-state index in [1.165, 1.54) is 0 Å². The summed E-state index contributed by atoms with van der Waals surface area (Å²) in [4.78, 5) is 9.46. The number of benzene rings is 1. The molecule has 0 bridgehead atoms. The summed E-state index contributed by atoms with van der Waals surface area (Å²) in [7, 11) is 0. The van der Waals surface area contributed by atoms with E-state index >= 15 is 0 Å². The Morgan fingerprint density at radius 2 is 2.06 bits per heavy atom. The van der Waals surface area contributed by atoms with Gasteiger partial charge in [-0.25, -0.2) is 4.39 Å². The third-order valence-corrected chi connectivity index (χ3v) is 2.03. The lowest BCUT2D eigenvalue weighted by atomic mass is 10.2. The number of alkyl halides is 3. The third-order valence-electron chi connectivity index (χ3n) is 2.03. The molecule has 0 radical (unpaired) electrons. The van der Waals surface area contributed by atoms with E-state index < -0.39 is 35.3 Å². The second-order valence-corrected chi connectivity index (χ2v) is 3.36. The lowest BCUT2D eigenvalue weighted by molar-refractivity contribution is -0.385. The van der Waals surface area contributed by atoms with Crippen LogP contribution in [-0.4, -0.2) is 28.9 Å². The molecule has 1 rings (SSSR count). The zero-order valence-electron chi connectivity index (χ0n) is 8.74. The summed E-state index contributed by atoms with van der Waals surface area (Å²) >= 11 is 0. The topological polar surface area (TPSA) is 75.4 Å². The minimum atomic E-state index is -4.82. The Morgan fingerprint density at radius 3 is 2.50 bits per heavy atom. The van der Waals surface area contributed by atoms with Crippen molar-refractivity contribution in [3.8, 4) is 0 Å². The van der Waals surface area contributed by atoms with Gasteiger partial charge < -0.3 is 10.4 Å². The smallest absolute Gasteiger partial charge is 0.382 e. The van der Waals surface area contributed by atoms with Crippen molar-refractivity contribution in [1.29, 1.82) is 0 Å². The summed E-state index contributed by atoms with van der Waals surface area (Å²) in [6.07, 6.45) is -7.46. The molecule has 1 atom stereocenters. The molecular weight excluding hydrogens is 260 g/mol. The SMILES string of the molecule is O=[N+]([O-])c1ccc(NCC(O)C(F)(F)F)c(F)c1. The van der Waals surface area contributed by atoms with E-state index in [0.29, 0.717) is 6.07 Å². The zero-order chi connectivity index (χ0) is 13.9. The molecule has 18 heavy (non-hydrogen) atoms. The number of hydrogen-bond donors (Lipinski definition) is 2. The van der Waals surface area contributed by atoms with Crippen LogP contribution >= 0.6 is 0 Å². The Labute approximate surface area is 98.2 Å². The molecular formula is C9H8F4N2O3.